The number of nitrogens with zero attached hydrogens (tertiary/aromatic N) is 4. The monoisotopic (exact) mass is 625 g/mol. The Labute approximate surface area is 263 Å². The van der Waals surface area contributed by atoms with Crippen LogP contribution in [-0.2, 0) is 4.79 Å². The van der Waals surface area contributed by atoms with Crippen molar-refractivity contribution in [2.75, 3.05) is 20.2 Å². The quantitative estimate of drug-likeness (QED) is 0.124. The standard InChI is InChI=1S/C31H29BClN7O5/c1-17-38-39-30-25(37-29(18-3-6-21(33)7-4-18)23-15-22(45-2)8-10-27(23)40(17)30)16-28(41)34-11-12-35-31(42)26-14-19-13-20(32(43)44)5-9-24(19)36-26/h3-10,13-15,25,36,43-44H,11-12,16H2,1-2H3,(H,34,41)(H,35,42). The number of rotatable bonds is 9. The maximum Gasteiger partial charge on any atom is 0.488 e. The second kappa shape index (κ2) is 12.6. The van der Waals surface area contributed by atoms with Crippen molar-refractivity contribution in [3.8, 4) is 11.4 Å². The highest BCUT2D eigenvalue weighted by Crippen LogP contribution is 2.34. The number of amides is 2. The van der Waals surface area contributed by atoms with Gasteiger partial charge in [-0.1, -0.05) is 35.9 Å². The van der Waals surface area contributed by atoms with E-state index in [1.54, 1.807) is 43.5 Å². The van der Waals surface area contributed by atoms with Crippen molar-refractivity contribution in [3.05, 3.63) is 100 Å². The van der Waals surface area contributed by atoms with Crippen molar-refractivity contribution >= 4 is 52.6 Å². The van der Waals surface area contributed by atoms with Crippen LogP contribution in [0.4, 0.5) is 0 Å². The Morgan fingerprint density at radius 2 is 1.80 bits per heavy atom. The molecule has 14 heteroatoms. The van der Waals surface area contributed by atoms with Crippen LogP contribution in [0.15, 0.2) is 71.7 Å². The molecule has 3 aromatic carbocycles. The van der Waals surface area contributed by atoms with Crippen LogP contribution in [0, 0.1) is 6.92 Å². The number of aliphatic imine (C=N–C) groups is 1. The maximum atomic E-state index is 13.2. The molecule has 0 saturated carbocycles. The number of methoxy groups -OCH3 is 1. The van der Waals surface area contributed by atoms with Gasteiger partial charge in [-0.25, -0.2) is 0 Å². The number of nitrogens with one attached hydrogen (secondary N) is 3. The molecule has 6 rings (SSSR count). The SMILES string of the molecule is COc1ccc2c(c1)C(c1ccc(Cl)cc1)=NC(CC(=O)NCCNC(=O)c1cc3cc(B(O)O)ccc3[nH]1)c1nnc(C)n1-2. The Balaban J connectivity index is 1.17. The predicted octanol–water partition coefficient (Wildman–Crippen LogP) is 2.23. The van der Waals surface area contributed by atoms with Gasteiger partial charge < -0.3 is 30.4 Å². The summed E-state index contributed by atoms with van der Waals surface area (Å²) >= 11 is 6.17. The number of hydrogen-bond acceptors (Lipinski definition) is 8. The average Bonchev–Trinajstić information content (AvgIpc) is 3.61. The lowest BCUT2D eigenvalue weighted by Gasteiger charge is -2.14. The largest absolute Gasteiger partial charge is 0.497 e. The van der Waals surface area contributed by atoms with Gasteiger partial charge in [-0.15, -0.1) is 10.2 Å². The first-order chi connectivity index (χ1) is 21.7. The third-order valence-corrected chi connectivity index (χ3v) is 7.80. The summed E-state index contributed by atoms with van der Waals surface area (Å²) in [5, 5.41) is 34.4. The van der Waals surface area contributed by atoms with Crippen molar-refractivity contribution < 1.29 is 24.4 Å². The summed E-state index contributed by atoms with van der Waals surface area (Å²) < 4.78 is 7.42. The first-order valence-electron chi connectivity index (χ1n) is 14.2. The van der Waals surface area contributed by atoms with E-state index in [2.05, 4.69) is 25.8 Å². The lowest BCUT2D eigenvalue weighted by atomic mass is 9.80. The van der Waals surface area contributed by atoms with Crippen molar-refractivity contribution in [2.24, 2.45) is 4.99 Å². The fourth-order valence-electron chi connectivity index (χ4n) is 5.33. The number of aromatic nitrogens is 4. The molecule has 45 heavy (non-hydrogen) atoms. The molecule has 0 radical (unpaired) electrons. The van der Waals surface area contributed by atoms with Gasteiger partial charge in [0.1, 0.15) is 23.3 Å². The number of carbonyl (C=O) groups is 2. The van der Waals surface area contributed by atoms with E-state index in [-0.39, 0.29) is 31.3 Å². The molecule has 0 bridgehead atoms. The summed E-state index contributed by atoms with van der Waals surface area (Å²) in [7, 11) is -0.000279. The predicted molar refractivity (Wildman–Crippen MR) is 171 cm³/mol. The molecule has 1 aliphatic rings. The van der Waals surface area contributed by atoms with E-state index in [9.17, 15) is 19.6 Å². The third-order valence-electron chi connectivity index (χ3n) is 7.55. The number of carbonyl (C=O) groups excluding carboxylic acids is 2. The van der Waals surface area contributed by atoms with Gasteiger partial charge in [0.15, 0.2) is 5.82 Å². The Morgan fingerprint density at radius 1 is 1.02 bits per heavy atom. The van der Waals surface area contributed by atoms with Crippen molar-refractivity contribution in [2.45, 2.75) is 19.4 Å². The molecule has 0 fully saturated rings. The number of aromatic amines is 1. The van der Waals surface area contributed by atoms with Crippen molar-refractivity contribution in [3.63, 3.8) is 0 Å². The van der Waals surface area contributed by atoms with Crippen LogP contribution in [0.25, 0.3) is 16.6 Å². The summed E-state index contributed by atoms with van der Waals surface area (Å²) in [5.41, 5.74) is 4.42. The molecule has 1 unspecified atom stereocenters. The summed E-state index contributed by atoms with van der Waals surface area (Å²) in [6.45, 7) is 2.22. The Morgan fingerprint density at radius 3 is 2.56 bits per heavy atom. The van der Waals surface area contributed by atoms with Crippen LogP contribution >= 0.6 is 11.6 Å². The molecular weight excluding hydrogens is 597 g/mol. The molecular formula is C31H29BClN7O5. The van der Waals surface area contributed by atoms with Gasteiger partial charge in [-0.05, 0) is 60.2 Å². The molecule has 0 saturated heterocycles. The number of fused-ring (bicyclic) bond motifs is 4. The Kier molecular flexibility index (Phi) is 8.39. The average molecular weight is 626 g/mol. The van der Waals surface area contributed by atoms with Gasteiger partial charge in [0, 0.05) is 34.8 Å². The first kappa shape index (κ1) is 30.1. The number of hydrogen-bond donors (Lipinski definition) is 5. The molecule has 5 aromatic rings. The highest BCUT2D eigenvalue weighted by molar-refractivity contribution is 6.58. The second-order valence-corrected chi connectivity index (χ2v) is 11.0. The number of ether oxygens (including phenoxy) is 1. The van der Waals surface area contributed by atoms with Gasteiger partial charge in [0.2, 0.25) is 5.91 Å². The molecule has 2 aromatic heterocycles. The Bertz CT molecular complexity index is 1940. The van der Waals surface area contributed by atoms with Crippen LogP contribution in [-0.4, -0.2) is 74.6 Å². The van der Waals surface area contributed by atoms with Gasteiger partial charge in [-0.3, -0.25) is 19.1 Å². The van der Waals surface area contributed by atoms with Gasteiger partial charge >= 0.3 is 7.12 Å². The van der Waals surface area contributed by atoms with Crippen LogP contribution in [0.3, 0.4) is 0 Å². The normalized spacial score (nSPS) is 13.8. The number of aryl methyl sites for hydroxylation is 1. The van der Waals surface area contributed by atoms with Gasteiger partial charge in [-0.2, -0.15) is 0 Å². The minimum atomic E-state index is -1.60. The third kappa shape index (κ3) is 6.18. The summed E-state index contributed by atoms with van der Waals surface area (Å²) in [5.74, 6) is 1.20. The molecule has 1 atom stereocenters. The van der Waals surface area contributed by atoms with E-state index in [1.165, 1.54) is 0 Å². The Hall–Kier alpha value is -4.98. The van der Waals surface area contributed by atoms with Crippen LogP contribution in [0.5, 0.6) is 5.75 Å². The zero-order chi connectivity index (χ0) is 31.7. The number of halogens is 1. The van der Waals surface area contributed by atoms with E-state index < -0.39 is 13.2 Å². The zero-order valence-electron chi connectivity index (χ0n) is 24.4. The lowest BCUT2D eigenvalue weighted by molar-refractivity contribution is -0.121. The van der Waals surface area contributed by atoms with Crippen LogP contribution < -0.4 is 20.8 Å². The zero-order valence-corrected chi connectivity index (χ0v) is 25.2. The van der Waals surface area contributed by atoms with Gasteiger partial charge in [0.25, 0.3) is 5.91 Å². The highest BCUT2D eigenvalue weighted by atomic mass is 35.5. The molecule has 2 amide bonds. The van der Waals surface area contributed by atoms with E-state index in [0.29, 0.717) is 50.2 Å². The van der Waals surface area contributed by atoms with Crippen LogP contribution in [0.2, 0.25) is 5.02 Å². The first-order valence-corrected chi connectivity index (χ1v) is 14.6. The van der Waals surface area contributed by atoms with E-state index >= 15 is 0 Å². The van der Waals surface area contributed by atoms with E-state index in [1.807, 2.05) is 41.8 Å². The van der Waals surface area contributed by atoms with Gasteiger partial charge in [0.05, 0.1) is 24.9 Å². The van der Waals surface area contributed by atoms with Crippen molar-refractivity contribution in [1.29, 1.82) is 0 Å². The highest BCUT2D eigenvalue weighted by Gasteiger charge is 2.30. The summed E-state index contributed by atoms with van der Waals surface area (Å²) in [6.07, 6.45) is -0.00461. The fraction of sp³-hybridized carbons (Fsp3) is 0.194. The smallest absolute Gasteiger partial charge is 0.488 e. The minimum Gasteiger partial charge on any atom is -0.497 e. The van der Waals surface area contributed by atoms with Crippen molar-refractivity contribution in [1.82, 2.24) is 30.4 Å². The maximum absolute atomic E-state index is 13.2. The van der Waals surface area contributed by atoms with Crippen LogP contribution in [0.1, 0.15) is 45.7 Å². The topological polar surface area (TPSA) is 167 Å². The minimum absolute atomic E-state index is 0.00461. The molecule has 228 valence electrons. The number of benzene rings is 3. The molecule has 0 aliphatic carbocycles. The van der Waals surface area contributed by atoms with E-state index in [4.69, 9.17) is 21.3 Å². The molecule has 3 heterocycles. The summed E-state index contributed by atoms with van der Waals surface area (Å²) in [6, 6.07) is 18.8. The second-order valence-electron chi connectivity index (χ2n) is 10.5. The molecule has 0 spiro atoms. The summed E-state index contributed by atoms with van der Waals surface area (Å²) in [4.78, 5) is 34.0. The molecule has 1 aliphatic heterocycles. The fourth-order valence-corrected chi connectivity index (χ4v) is 5.46. The molecule has 5 N–H and O–H groups in total. The van der Waals surface area contributed by atoms with E-state index in [0.717, 1.165) is 16.8 Å². The number of H-pyrrole nitrogens is 1. The lowest BCUT2D eigenvalue weighted by Crippen LogP contribution is -2.35. The molecule has 12 nitrogen and oxygen atoms in total.